The lowest BCUT2D eigenvalue weighted by Crippen LogP contribution is -2.36. The molecule has 1 amide bonds. The molecule has 0 radical (unpaired) electrons. The Morgan fingerprint density at radius 1 is 1.03 bits per heavy atom. The summed E-state index contributed by atoms with van der Waals surface area (Å²) in [7, 11) is 5.23. The first-order chi connectivity index (χ1) is 16.5. The van der Waals surface area contributed by atoms with Crippen LogP contribution in [-0.4, -0.2) is 49.3 Å². The molecule has 0 bridgehead atoms. The van der Waals surface area contributed by atoms with Crippen LogP contribution in [0.1, 0.15) is 34.7 Å². The number of carbonyl (C=O) groups excluding carboxylic acids is 1. The van der Waals surface area contributed by atoms with Crippen LogP contribution >= 0.6 is 0 Å². The van der Waals surface area contributed by atoms with Crippen LogP contribution in [0.15, 0.2) is 77.9 Å². The maximum atomic E-state index is 13.5. The van der Waals surface area contributed by atoms with Gasteiger partial charge >= 0.3 is 0 Å². The van der Waals surface area contributed by atoms with Gasteiger partial charge in [-0.15, -0.1) is 0 Å². The van der Waals surface area contributed by atoms with Gasteiger partial charge in [0.2, 0.25) is 0 Å². The van der Waals surface area contributed by atoms with Crippen molar-refractivity contribution in [3.63, 3.8) is 0 Å². The van der Waals surface area contributed by atoms with E-state index in [4.69, 9.17) is 14.6 Å². The summed E-state index contributed by atoms with van der Waals surface area (Å²) in [6.07, 6.45) is 0.598. The van der Waals surface area contributed by atoms with E-state index in [1.54, 1.807) is 19.2 Å². The monoisotopic (exact) mass is 457 g/mol. The lowest BCUT2D eigenvalue weighted by Gasteiger charge is -2.26. The number of ether oxygens (including phenoxy) is 2. The van der Waals surface area contributed by atoms with Crippen molar-refractivity contribution in [3.05, 3.63) is 95.1 Å². The number of aryl methyl sites for hydroxylation is 1. The SMILES string of the molecule is COc1ccc(OC)c([C@@H]2CC(c3ccc(C)cc3)=NN2C(=O)CN(C)Cc2ccccc2)c1. The summed E-state index contributed by atoms with van der Waals surface area (Å²) < 4.78 is 11.1. The van der Waals surface area contributed by atoms with Gasteiger partial charge in [0.25, 0.3) is 5.91 Å². The van der Waals surface area contributed by atoms with Gasteiger partial charge in [0.05, 0.1) is 32.5 Å². The average Bonchev–Trinajstić information content (AvgIpc) is 3.30. The first-order valence-electron chi connectivity index (χ1n) is 11.4. The number of rotatable bonds is 8. The molecule has 3 aromatic carbocycles. The highest BCUT2D eigenvalue weighted by Gasteiger charge is 2.35. The lowest BCUT2D eigenvalue weighted by molar-refractivity contribution is -0.134. The summed E-state index contributed by atoms with van der Waals surface area (Å²) >= 11 is 0. The quantitative estimate of drug-likeness (QED) is 0.487. The van der Waals surface area contributed by atoms with Gasteiger partial charge in [0, 0.05) is 18.5 Å². The highest BCUT2D eigenvalue weighted by Crippen LogP contribution is 2.39. The number of benzene rings is 3. The number of carbonyl (C=O) groups is 1. The summed E-state index contributed by atoms with van der Waals surface area (Å²) in [6, 6.07) is 23.8. The van der Waals surface area contributed by atoms with E-state index in [0.29, 0.717) is 24.5 Å². The smallest absolute Gasteiger partial charge is 0.257 e. The molecule has 34 heavy (non-hydrogen) atoms. The maximum Gasteiger partial charge on any atom is 0.257 e. The minimum absolute atomic E-state index is 0.0598. The maximum absolute atomic E-state index is 13.5. The Hall–Kier alpha value is -3.64. The molecule has 1 atom stereocenters. The molecule has 0 saturated carbocycles. The van der Waals surface area contributed by atoms with Crippen LogP contribution < -0.4 is 9.47 Å². The van der Waals surface area contributed by atoms with Crippen LogP contribution in [0, 0.1) is 6.92 Å². The van der Waals surface area contributed by atoms with E-state index in [1.807, 2.05) is 48.3 Å². The first-order valence-corrected chi connectivity index (χ1v) is 11.4. The molecule has 0 N–H and O–H groups in total. The van der Waals surface area contributed by atoms with Crippen LogP contribution in [0.3, 0.4) is 0 Å². The van der Waals surface area contributed by atoms with Gasteiger partial charge < -0.3 is 9.47 Å². The van der Waals surface area contributed by atoms with Crippen LogP contribution in [-0.2, 0) is 11.3 Å². The Kier molecular flexibility index (Phi) is 7.28. The molecule has 0 spiro atoms. The average molecular weight is 458 g/mol. The minimum Gasteiger partial charge on any atom is -0.497 e. The molecular formula is C28H31N3O3. The first kappa shape index (κ1) is 23.5. The van der Waals surface area contributed by atoms with Crippen molar-refractivity contribution in [2.24, 2.45) is 5.10 Å². The van der Waals surface area contributed by atoms with Gasteiger partial charge in [0.15, 0.2) is 0 Å². The molecule has 0 aromatic heterocycles. The van der Waals surface area contributed by atoms with Crippen molar-refractivity contribution in [3.8, 4) is 11.5 Å². The molecular weight excluding hydrogens is 426 g/mol. The molecule has 3 aromatic rings. The third kappa shape index (κ3) is 5.29. The highest BCUT2D eigenvalue weighted by molar-refractivity contribution is 6.03. The fourth-order valence-corrected chi connectivity index (χ4v) is 4.26. The van der Waals surface area contributed by atoms with Crippen molar-refractivity contribution >= 4 is 11.6 Å². The second kappa shape index (κ2) is 10.5. The molecule has 1 heterocycles. The summed E-state index contributed by atoms with van der Waals surface area (Å²) in [6.45, 7) is 2.99. The van der Waals surface area contributed by atoms with Crippen LogP contribution in [0.4, 0.5) is 0 Å². The van der Waals surface area contributed by atoms with Gasteiger partial charge in [-0.3, -0.25) is 9.69 Å². The van der Waals surface area contributed by atoms with Crippen LogP contribution in [0.2, 0.25) is 0 Å². The zero-order chi connectivity index (χ0) is 24.1. The standard InChI is InChI=1S/C28H31N3O3/c1-20-10-12-22(13-11-20)25-17-26(24-16-23(33-3)14-15-27(24)34-4)31(29-25)28(32)19-30(2)18-21-8-6-5-7-9-21/h5-16,26H,17-19H2,1-4H3/t26-/m0/s1. The molecule has 0 fully saturated rings. The third-order valence-corrected chi connectivity index (χ3v) is 6.05. The number of amides is 1. The Morgan fingerprint density at radius 2 is 1.76 bits per heavy atom. The van der Waals surface area contributed by atoms with Crippen molar-refractivity contribution in [1.82, 2.24) is 9.91 Å². The van der Waals surface area contributed by atoms with Gasteiger partial charge in [-0.1, -0.05) is 60.2 Å². The van der Waals surface area contributed by atoms with Crippen molar-refractivity contribution < 1.29 is 14.3 Å². The van der Waals surface area contributed by atoms with Gasteiger partial charge in [0.1, 0.15) is 11.5 Å². The van der Waals surface area contributed by atoms with E-state index >= 15 is 0 Å². The van der Waals surface area contributed by atoms with E-state index in [2.05, 4.69) is 43.3 Å². The summed E-state index contributed by atoms with van der Waals surface area (Å²) in [5, 5.41) is 6.43. The molecule has 0 unspecified atom stereocenters. The summed E-state index contributed by atoms with van der Waals surface area (Å²) in [5.41, 5.74) is 5.13. The minimum atomic E-state index is -0.279. The topological polar surface area (TPSA) is 54.4 Å². The van der Waals surface area contributed by atoms with Crippen molar-refractivity contribution in [2.75, 3.05) is 27.8 Å². The van der Waals surface area contributed by atoms with Crippen molar-refractivity contribution in [1.29, 1.82) is 0 Å². The summed E-state index contributed by atoms with van der Waals surface area (Å²) in [5.74, 6) is 1.37. The Balaban J connectivity index is 1.63. The van der Waals surface area contributed by atoms with E-state index in [0.717, 1.165) is 22.4 Å². The van der Waals surface area contributed by atoms with E-state index in [9.17, 15) is 4.79 Å². The Morgan fingerprint density at radius 3 is 2.44 bits per heavy atom. The second-order valence-corrected chi connectivity index (χ2v) is 8.64. The van der Waals surface area contributed by atoms with Crippen molar-refractivity contribution in [2.45, 2.75) is 25.9 Å². The number of likely N-dealkylation sites (N-methyl/N-ethyl adjacent to an activating group) is 1. The summed E-state index contributed by atoms with van der Waals surface area (Å²) in [4.78, 5) is 15.5. The van der Waals surface area contributed by atoms with E-state index < -0.39 is 0 Å². The zero-order valence-electron chi connectivity index (χ0n) is 20.2. The molecule has 6 heteroatoms. The second-order valence-electron chi connectivity index (χ2n) is 8.64. The van der Waals surface area contributed by atoms with E-state index in [-0.39, 0.29) is 18.5 Å². The number of methoxy groups -OCH3 is 2. The molecule has 0 aliphatic carbocycles. The highest BCUT2D eigenvalue weighted by atomic mass is 16.5. The predicted molar refractivity (Wildman–Crippen MR) is 134 cm³/mol. The lowest BCUT2D eigenvalue weighted by atomic mass is 9.97. The fourth-order valence-electron chi connectivity index (χ4n) is 4.26. The fraction of sp³-hybridized carbons (Fsp3) is 0.286. The normalized spacial score (nSPS) is 15.4. The number of hydrogen-bond donors (Lipinski definition) is 0. The van der Waals surface area contributed by atoms with Gasteiger partial charge in [-0.25, -0.2) is 5.01 Å². The van der Waals surface area contributed by atoms with Crippen LogP contribution in [0.25, 0.3) is 0 Å². The number of hydrogen-bond acceptors (Lipinski definition) is 5. The van der Waals surface area contributed by atoms with E-state index in [1.165, 1.54) is 5.56 Å². The molecule has 0 saturated heterocycles. The predicted octanol–water partition coefficient (Wildman–Crippen LogP) is 4.82. The third-order valence-electron chi connectivity index (χ3n) is 6.05. The molecule has 6 nitrogen and oxygen atoms in total. The Bertz CT molecular complexity index is 1160. The van der Waals surface area contributed by atoms with Crippen LogP contribution in [0.5, 0.6) is 11.5 Å². The molecule has 176 valence electrons. The zero-order valence-corrected chi connectivity index (χ0v) is 20.2. The number of hydrazone groups is 1. The largest absolute Gasteiger partial charge is 0.497 e. The molecule has 1 aliphatic rings. The Labute approximate surface area is 201 Å². The van der Waals surface area contributed by atoms with Gasteiger partial charge in [-0.05, 0) is 43.3 Å². The number of nitrogens with zero attached hydrogens (tertiary/aromatic N) is 3. The van der Waals surface area contributed by atoms with Gasteiger partial charge in [-0.2, -0.15) is 5.10 Å². The molecule has 4 rings (SSSR count). The molecule has 1 aliphatic heterocycles.